The highest BCUT2D eigenvalue weighted by molar-refractivity contribution is 7.90. The first-order chi connectivity index (χ1) is 23.9. The minimum atomic E-state index is -4.46. The molecule has 50 heavy (non-hydrogen) atoms. The fraction of sp³-hybridized carbons (Fsp3) is 0.514. The third-order valence-electron chi connectivity index (χ3n) is 9.99. The normalized spacial score (nSPS) is 20.8. The van der Waals surface area contributed by atoms with Gasteiger partial charge in [-0.25, -0.2) is 13.1 Å². The summed E-state index contributed by atoms with van der Waals surface area (Å²) in [7, 11) is -2.81. The number of anilines is 2. The molecule has 3 heterocycles. The van der Waals surface area contributed by atoms with Gasteiger partial charge in [0.25, 0.3) is 10.0 Å². The van der Waals surface area contributed by atoms with Crippen LogP contribution < -0.4 is 25.8 Å². The molecule has 270 valence electrons. The molecule has 1 aromatic heterocycles. The number of likely N-dealkylation sites (tertiary alicyclic amines) is 1. The first-order valence-corrected chi connectivity index (χ1v) is 18.3. The standard InChI is InChI=1S/C35H43F3N6O5S/c1-48-32-19-27(50(46,47)42-33(45)20-39)11-12-30(32)40-15-3-4-26-18-28-29(5-2-6-31(28)44(26)23-35(36,37)38)41-24-7-9-25(10-8-24)43-21-34(22-43)13-16-49-17-14-34/h2,5-6,11-12,18-19,24-25,40-41H,7-10,13-17,20-23,39H2,1H3,(H,42,45)/t24-,25-. The van der Waals surface area contributed by atoms with Gasteiger partial charge in [0.15, 0.2) is 0 Å². The Bertz CT molecular complexity index is 1860. The van der Waals surface area contributed by atoms with Gasteiger partial charge in [0.1, 0.15) is 12.3 Å². The van der Waals surface area contributed by atoms with Crippen LogP contribution in [-0.2, 0) is 26.1 Å². The average Bonchev–Trinajstić information content (AvgIpc) is 3.42. The number of fused-ring (bicyclic) bond motifs is 1. The summed E-state index contributed by atoms with van der Waals surface area (Å²) in [6.45, 7) is 2.40. The van der Waals surface area contributed by atoms with E-state index < -0.39 is 35.2 Å². The van der Waals surface area contributed by atoms with Crippen LogP contribution in [0.2, 0.25) is 0 Å². The Balaban J connectivity index is 1.13. The molecule has 6 rings (SSSR count). The van der Waals surface area contributed by atoms with Crippen LogP contribution in [0.3, 0.4) is 0 Å². The SMILES string of the molecule is COc1cc(S(=O)(=O)NC(=O)CN)ccc1NCC#Cc1cc2c(N[C@H]3CC[C@H](N4CC5(CCOCC5)C4)CC3)cccc2n1CC(F)(F)F. The Labute approximate surface area is 290 Å². The Hall–Kier alpha value is -3.97. The minimum Gasteiger partial charge on any atom is -0.495 e. The maximum absolute atomic E-state index is 13.8. The summed E-state index contributed by atoms with van der Waals surface area (Å²) in [5.41, 5.74) is 7.51. The smallest absolute Gasteiger partial charge is 0.406 e. The third kappa shape index (κ3) is 8.15. The number of nitrogens with two attached hydrogens (primary N) is 1. The molecule has 11 nitrogen and oxygen atoms in total. The lowest BCUT2D eigenvalue weighted by atomic mass is 9.71. The maximum Gasteiger partial charge on any atom is 0.406 e. The number of nitrogens with zero attached hydrogens (tertiary/aromatic N) is 2. The number of carbonyl (C=O) groups is 1. The molecule has 1 spiro atoms. The zero-order chi connectivity index (χ0) is 35.5. The number of alkyl halides is 3. The molecule has 15 heteroatoms. The van der Waals surface area contributed by atoms with Crippen molar-refractivity contribution in [1.82, 2.24) is 14.2 Å². The number of rotatable bonds is 10. The highest BCUT2D eigenvalue weighted by Crippen LogP contribution is 2.43. The molecule has 1 saturated carbocycles. The summed E-state index contributed by atoms with van der Waals surface area (Å²) in [5, 5.41) is 7.33. The van der Waals surface area contributed by atoms with Crippen LogP contribution in [0.4, 0.5) is 24.5 Å². The van der Waals surface area contributed by atoms with E-state index in [1.54, 1.807) is 18.2 Å². The van der Waals surface area contributed by atoms with Crippen molar-refractivity contribution in [3.05, 3.63) is 48.2 Å². The van der Waals surface area contributed by atoms with Crippen LogP contribution in [0, 0.1) is 17.3 Å². The monoisotopic (exact) mass is 716 g/mol. The van der Waals surface area contributed by atoms with Gasteiger partial charge >= 0.3 is 6.18 Å². The quantitative estimate of drug-likeness (QED) is 0.227. The second kappa shape index (κ2) is 14.7. The Morgan fingerprint density at radius 3 is 2.50 bits per heavy atom. The lowest BCUT2D eigenvalue weighted by Gasteiger charge is -2.56. The summed E-state index contributed by atoms with van der Waals surface area (Å²) in [4.78, 5) is 13.9. The molecule has 2 saturated heterocycles. The lowest BCUT2D eigenvalue weighted by molar-refractivity contribution is -0.140. The predicted molar refractivity (Wildman–Crippen MR) is 184 cm³/mol. The number of aromatic nitrogens is 1. The van der Waals surface area contributed by atoms with Gasteiger partial charge in [-0.05, 0) is 74.8 Å². The van der Waals surface area contributed by atoms with E-state index in [0.29, 0.717) is 28.0 Å². The third-order valence-corrected chi connectivity index (χ3v) is 11.4. The molecule has 1 aliphatic carbocycles. The van der Waals surface area contributed by atoms with Crippen LogP contribution in [0.5, 0.6) is 5.75 Å². The van der Waals surface area contributed by atoms with E-state index in [9.17, 15) is 26.4 Å². The van der Waals surface area contributed by atoms with Crippen molar-refractivity contribution in [1.29, 1.82) is 0 Å². The number of sulfonamides is 1. The molecule has 2 aliphatic heterocycles. The van der Waals surface area contributed by atoms with Crippen molar-refractivity contribution in [2.75, 3.05) is 57.1 Å². The van der Waals surface area contributed by atoms with E-state index in [1.165, 1.54) is 29.9 Å². The molecule has 0 atom stereocenters. The van der Waals surface area contributed by atoms with Gasteiger partial charge in [0, 0.05) is 60.9 Å². The van der Waals surface area contributed by atoms with Gasteiger partial charge in [-0.1, -0.05) is 12.0 Å². The largest absolute Gasteiger partial charge is 0.495 e. The van der Waals surface area contributed by atoms with Gasteiger partial charge in [-0.2, -0.15) is 13.2 Å². The van der Waals surface area contributed by atoms with Crippen LogP contribution in [0.1, 0.15) is 44.2 Å². The zero-order valence-corrected chi connectivity index (χ0v) is 28.8. The van der Waals surface area contributed by atoms with Gasteiger partial charge in [0.2, 0.25) is 5.91 Å². The number of halogens is 3. The molecule has 3 aliphatic rings. The molecule has 0 unspecified atom stereocenters. The molecule has 5 N–H and O–H groups in total. The Morgan fingerprint density at radius 1 is 1.08 bits per heavy atom. The Morgan fingerprint density at radius 2 is 1.82 bits per heavy atom. The molecular formula is C35H43F3N6O5S. The summed E-state index contributed by atoms with van der Waals surface area (Å²) < 4.78 is 80.1. The van der Waals surface area contributed by atoms with E-state index in [4.69, 9.17) is 15.2 Å². The molecular weight excluding hydrogens is 673 g/mol. The van der Waals surface area contributed by atoms with Crippen LogP contribution >= 0.6 is 0 Å². The van der Waals surface area contributed by atoms with Gasteiger partial charge < -0.3 is 30.4 Å². The van der Waals surface area contributed by atoms with Gasteiger partial charge in [-0.3, -0.25) is 9.69 Å². The van der Waals surface area contributed by atoms with E-state index in [2.05, 4.69) is 27.4 Å². The first kappa shape index (κ1) is 35.8. The number of benzene rings is 2. The van der Waals surface area contributed by atoms with Crippen molar-refractivity contribution < 1.29 is 35.9 Å². The molecule has 1 amide bonds. The summed E-state index contributed by atoms with van der Waals surface area (Å²) in [6, 6.07) is 11.8. The highest BCUT2D eigenvalue weighted by atomic mass is 32.2. The van der Waals surface area contributed by atoms with Crippen molar-refractivity contribution in [2.24, 2.45) is 11.1 Å². The van der Waals surface area contributed by atoms with Crippen molar-refractivity contribution in [2.45, 2.75) is 68.2 Å². The average molecular weight is 717 g/mol. The van der Waals surface area contributed by atoms with E-state index in [0.717, 1.165) is 70.5 Å². The minimum absolute atomic E-state index is 0.0279. The number of nitrogens with one attached hydrogen (secondary N) is 3. The first-order valence-electron chi connectivity index (χ1n) is 16.8. The highest BCUT2D eigenvalue weighted by Gasteiger charge is 2.46. The van der Waals surface area contributed by atoms with Gasteiger partial charge in [-0.15, -0.1) is 0 Å². The number of carbonyl (C=O) groups excluding carboxylic acids is 1. The zero-order valence-electron chi connectivity index (χ0n) is 27.9. The summed E-state index contributed by atoms with van der Waals surface area (Å²) >= 11 is 0. The topological polar surface area (TPSA) is 140 Å². The fourth-order valence-corrected chi connectivity index (χ4v) is 8.38. The molecule has 0 bridgehead atoms. The Kier molecular flexibility index (Phi) is 10.5. The number of hydrogen-bond donors (Lipinski definition) is 4. The van der Waals surface area contributed by atoms with Crippen molar-refractivity contribution in [3.63, 3.8) is 0 Å². The summed E-state index contributed by atoms with van der Waals surface area (Å²) in [5.74, 6) is 5.09. The van der Waals surface area contributed by atoms with Crippen LogP contribution in [0.25, 0.3) is 10.9 Å². The number of amides is 1. The predicted octanol–water partition coefficient (Wildman–Crippen LogP) is 4.27. The fourth-order valence-electron chi connectivity index (χ4n) is 7.37. The number of methoxy groups -OCH3 is 1. The van der Waals surface area contributed by atoms with Gasteiger partial charge in [0.05, 0.1) is 42.0 Å². The van der Waals surface area contributed by atoms with Crippen LogP contribution in [0.15, 0.2) is 47.4 Å². The molecule has 3 fully saturated rings. The number of ether oxygens (including phenoxy) is 2. The van der Waals surface area contributed by atoms with E-state index >= 15 is 0 Å². The van der Waals surface area contributed by atoms with Crippen molar-refractivity contribution in [3.8, 4) is 17.6 Å². The second-order valence-corrected chi connectivity index (χ2v) is 15.1. The maximum atomic E-state index is 13.8. The van der Waals surface area contributed by atoms with Crippen LogP contribution in [-0.4, -0.2) is 88.6 Å². The van der Waals surface area contributed by atoms with Crippen molar-refractivity contribution >= 4 is 38.2 Å². The summed E-state index contributed by atoms with van der Waals surface area (Å²) in [6.07, 6.45) is 2.01. The van der Waals surface area contributed by atoms with E-state index in [1.807, 2.05) is 10.8 Å². The lowest BCUT2D eigenvalue weighted by Crippen LogP contribution is -2.62. The second-order valence-electron chi connectivity index (χ2n) is 13.4. The molecule has 2 aromatic carbocycles. The number of hydrogen-bond acceptors (Lipinski definition) is 9. The van der Waals surface area contributed by atoms with E-state index in [-0.39, 0.29) is 28.9 Å². The molecule has 3 aromatic rings. The molecule has 0 radical (unpaired) electrons.